The number of carbonyl (C=O) groups excluding carboxylic acids is 2. The second-order valence-corrected chi connectivity index (χ2v) is 6.63. The molecular weight excluding hydrogens is 377 g/mol. The lowest BCUT2D eigenvalue weighted by molar-refractivity contribution is -0.125. The van der Waals surface area contributed by atoms with E-state index < -0.39 is 12.0 Å². The monoisotopic (exact) mass is 391 g/mol. The third-order valence-electron chi connectivity index (χ3n) is 3.80. The van der Waals surface area contributed by atoms with Gasteiger partial charge in [0.05, 0.1) is 17.2 Å². The number of amides is 2. The summed E-state index contributed by atoms with van der Waals surface area (Å²) >= 11 is 12.0. The molecule has 3 N–H and O–H groups in total. The Morgan fingerprint density at radius 1 is 1.19 bits per heavy atom. The number of anilines is 1. The van der Waals surface area contributed by atoms with Gasteiger partial charge in [0.1, 0.15) is 0 Å². The van der Waals surface area contributed by atoms with E-state index in [0.29, 0.717) is 33.4 Å². The first kappa shape index (κ1) is 18.2. The van der Waals surface area contributed by atoms with Crippen molar-refractivity contribution in [1.29, 1.82) is 0 Å². The number of hydrogen-bond acceptors (Lipinski definition) is 4. The van der Waals surface area contributed by atoms with Crippen LogP contribution in [-0.4, -0.2) is 23.6 Å². The van der Waals surface area contributed by atoms with Crippen LogP contribution in [0.2, 0.25) is 10.0 Å². The van der Waals surface area contributed by atoms with Crippen LogP contribution in [0.15, 0.2) is 47.6 Å². The van der Waals surface area contributed by atoms with E-state index in [0.717, 1.165) is 5.56 Å². The third-order valence-corrected chi connectivity index (χ3v) is 4.35. The van der Waals surface area contributed by atoms with Gasteiger partial charge in [-0.25, -0.2) is 0 Å². The maximum Gasteiger partial charge on any atom is 0.268 e. The van der Waals surface area contributed by atoms with Crippen molar-refractivity contribution in [3.05, 3.63) is 63.6 Å². The van der Waals surface area contributed by atoms with E-state index >= 15 is 0 Å². The van der Waals surface area contributed by atoms with E-state index in [1.807, 2.05) is 0 Å². The summed E-state index contributed by atoms with van der Waals surface area (Å²) < 4.78 is 0. The number of nitrogens with one attached hydrogen (secondary N) is 1. The van der Waals surface area contributed by atoms with Crippen LogP contribution in [0.3, 0.4) is 0 Å². The second-order valence-electron chi connectivity index (χ2n) is 5.79. The maximum absolute atomic E-state index is 12.4. The van der Waals surface area contributed by atoms with Crippen LogP contribution in [0.1, 0.15) is 17.5 Å². The van der Waals surface area contributed by atoms with Crippen LogP contribution in [0.4, 0.5) is 5.69 Å². The van der Waals surface area contributed by atoms with E-state index in [1.165, 1.54) is 0 Å². The molecule has 1 unspecified atom stereocenters. The standard InChI is InChI=1S/C18H15Cl2N3O3/c19-11-3-6-13(14(20)8-11)15-9-16(26-23-15)18(25)22-12-4-1-10(2-5-12)7-17(21)24/h1-6,8,16H,7,9H2,(H2,21,24)(H,22,25). The maximum atomic E-state index is 12.4. The minimum absolute atomic E-state index is 0.152. The average Bonchev–Trinajstić information content (AvgIpc) is 3.06. The highest BCUT2D eigenvalue weighted by molar-refractivity contribution is 6.37. The summed E-state index contributed by atoms with van der Waals surface area (Å²) in [6, 6.07) is 11.9. The van der Waals surface area contributed by atoms with Gasteiger partial charge in [0.15, 0.2) is 0 Å². The third kappa shape index (κ3) is 4.33. The molecule has 0 radical (unpaired) electrons. The number of benzene rings is 2. The molecule has 1 aliphatic heterocycles. The first-order valence-electron chi connectivity index (χ1n) is 7.78. The smallest absolute Gasteiger partial charge is 0.268 e. The van der Waals surface area contributed by atoms with Crippen LogP contribution in [0, 0.1) is 0 Å². The van der Waals surface area contributed by atoms with Gasteiger partial charge < -0.3 is 15.9 Å². The Hall–Kier alpha value is -2.57. The Labute approximate surface area is 159 Å². The molecule has 0 fully saturated rings. The molecule has 0 aromatic heterocycles. The molecule has 2 aromatic carbocycles. The minimum atomic E-state index is -0.748. The first-order valence-corrected chi connectivity index (χ1v) is 8.54. The highest BCUT2D eigenvalue weighted by atomic mass is 35.5. The van der Waals surface area contributed by atoms with Gasteiger partial charge >= 0.3 is 0 Å². The molecule has 0 saturated carbocycles. The van der Waals surface area contributed by atoms with Gasteiger partial charge in [0.25, 0.3) is 5.91 Å². The number of oxime groups is 1. The summed E-state index contributed by atoms with van der Waals surface area (Å²) in [6.07, 6.45) is -0.298. The number of carbonyl (C=O) groups is 2. The fraction of sp³-hybridized carbons (Fsp3) is 0.167. The first-order chi connectivity index (χ1) is 12.4. The van der Waals surface area contributed by atoms with Gasteiger partial charge in [-0.2, -0.15) is 0 Å². The second kappa shape index (κ2) is 7.76. The van der Waals surface area contributed by atoms with Crippen LogP contribution in [0.5, 0.6) is 0 Å². The van der Waals surface area contributed by atoms with Crippen molar-refractivity contribution >= 4 is 46.4 Å². The van der Waals surface area contributed by atoms with Crippen molar-refractivity contribution in [2.24, 2.45) is 10.9 Å². The van der Waals surface area contributed by atoms with Crippen LogP contribution in [0.25, 0.3) is 0 Å². The lowest BCUT2D eigenvalue weighted by Gasteiger charge is -2.10. The van der Waals surface area contributed by atoms with Gasteiger partial charge in [-0.05, 0) is 29.8 Å². The van der Waals surface area contributed by atoms with E-state index in [4.69, 9.17) is 33.8 Å². The summed E-state index contributed by atoms with van der Waals surface area (Å²) in [5.74, 6) is -0.733. The Bertz CT molecular complexity index is 882. The van der Waals surface area contributed by atoms with Gasteiger partial charge in [0.2, 0.25) is 12.0 Å². The molecular formula is C18H15Cl2N3O3. The van der Waals surface area contributed by atoms with E-state index in [2.05, 4.69) is 10.5 Å². The number of primary amides is 1. The Morgan fingerprint density at radius 2 is 1.92 bits per heavy atom. The van der Waals surface area contributed by atoms with Crippen molar-refractivity contribution in [2.75, 3.05) is 5.32 Å². The highest BCUT2D eigenvalue weighted by Gasteiger charge is 2.29. The van der Waals surface area contributed by atoms with Crippen LogP contribution in [-0.2, 0) is 20.8 Å². The molecule has 2 aromatic rings. The van der Waals surface area contributed by atoms with E-state index in [9.17, 15) is 9.59 Å². The molecule has 3 rings (SSSR count). The molecule has 0 spiro atoms. The Balaban J connectivity index is 1.61. The van der Waals surface area contributed by atoms with E-state index in [-0.39, 0.29) is 12.3 Å². The van der Waals surface area contributed by atoms with Gasteiger partial charge in [-0.1, -0.05) is 46.6 Å². The number of hydrogen-bond donors (Lipinski definition) is 2. The fourth-order valence-electron chi connectivity index (χ4n) is 2.53. The SMILES string of the molecule is NC(=O)Cc1ccc(NC(=O)C2CC(c3ccc(Cl)cc3Cl)=NO2)cc1. The zero-order valence-electron chi connectivity index (χ0n) is 13.5. The number of nitrogens with two attached hydrogens (primary N) is 1. The minimum Gasteiger partial charge on any atom is -0.382 e. The lowest BCUT2D eigenvalue weighted by Crippen LogP contribution is -2.28. The molecule has 0 aliphatic carbocycles. The summed E-state index contributed by atoms with van der Waals surface area (Å²) in [6.45, 7) is 0. The number of nitrogens with zero attached hydrogens (tertiary/aromatic N) is 1. The molecule has 26 heavy (non-hydrogen) atoms. The number of rotatable bonds is 5. The molecule has 8 heteroatoms. The van der Waals surface area contributed by atoms with Gasteiger partial charge in [0, 0.05) is 22.7 Å². The summed E-state index contributed by atoms with van der Waals surface area (Å²) in [4.78, 5) is 28.5. The van der Waals surface area contributed by atoms with Crippen LogP contribution >= 0.6 is 23.2 Å². The largest absolute Gasteiger partial charge is 0.382 e. The predicted octanol–water partition coefficient (Wildman–Crippen LogP) is 3.15. The molecule has 0 saturated heterocycles. The quantitative estimate of drug-likeness (QED) is 0.819. The summed E-state index contributed by atoms with van der Waals surface area (Å²) in [5, 5.41) is 7.69. The molecule has 0 bridgehead atoms. The van der Waals surface area contributed by atoms with Gasteiger partial charge in [-0.3, -0.25) is 9.59 Å². The average molecular weight is 392 g/mol. The van der Waals surface area contributed by atoms with Crippen molar-refractivity contribution < 1.29 is 14.4 Å². The predicted molar refractivity (Wildman–Crippen MR) is 100 cm³/mol. The Morgan fingerprint density at radius 3 is 2.58 bits per heavy atom. The Kier molecular flexibility index (Phi) is 5.44. The molecule has 1 atom stereocenters. The van der Waals surface area contributed by atoms with Crippen LogP contribution < -0.4 is 11.1 Å². The molecule has 1 heterocycles. The number of halogens is 2. The van der Waals surface area contributed by atoms with Crippen molar-refractivity contribution in [2.45, 2.75) is 18.9 Å². The summed E-state index contributed by atoms with van der Waals surface area (Å²) in [7, 11) is 0. The molecule has 1 aliphatic rings. The highest BCUT2D eigenvalue weighted by Crippen LogP contribution is 2.26. The zero-order valence-corrected chi connectivity index (χ0v) is 15.1. The normalized spacial score (nSPS) is 15.9. The lowest BCUT2D eigenvalue weighted by atomic mass is 10.0. The van der Waals surface area contributed by atoms with Gasteiger partial charge in [-0.15, -0.1) is 0 Å². The van der Waals surface area contributed by atoms with E-state index in [1.54, 1.807) is 42.5 Å². The van der Waals surface area contributed by atoms with Crippen molar-refractivity contribution in [3.8, 4) is 0 Å². The molecule has 2 amide bonds. The van der Waals surface area contributed by atoms with Crippen molar-refractivity contribution in [1.82, 2.24) is 0 Å². The van der Waals surface area contributed by atoms with Crippen molar-refractivity contribution in [3.63, 3.8) is 0 Å². The molecule has 134 valence electrons. The molecule has 6 nitrogen and oxygen atoms in total. The zero-order chi connectivity index (χ0) is 18.7. The topological polar surface area (TPSA) is 93.8 Å². The fourth-order valence-corrected chi connectivity index (χ4v) is 3.05. The summed E-state index contributed by atoms with van der Waals surface area (Å²) in [5.41, 5.74) is 7.78.